The molecule has 2 bridgehead atoms. The second kappa shape index (κ2) is 1.60. The number of nitrogens with zero attached hydrogens (tertiary/aromatic N) is 2. The lowest BCUT2D eigenvalue weighted by molar-refractivity contribution is 0.426. The first-order chi connectivity index (χ1) is 4.68. The van der Waals surface area contributed by atoms with Gasteiger partial charge in [0.05, 0.1) is 11.1 Å². The van der Waals surface area contributed by atoms with Crippen molar-refractivity contribution in [3.63, 3.8) is 0 Å². The largest absolute Gasteiger partial charge is 0.187 e. The second-order valence-corrected chi connectivity index (χ2v) is 3.95. The Kier molecular flexibility index (Phi) is 1.01. The second-order valence-electron chi connectivity index (χ2n) is 3.95. The molecule has 0 spiro atoms. The molecule has 0 aromatic heterocycles. The summed E-state index contributed by atoms with van der Waals surface area (Å²) in [6.45, 7) is 4.44. The Hall–Kier alpha value is -0.400. The van der Waals surface area contributed by atoms with Gasteiger partial charge in [-0.25, -0.2) is 0 Å². The first-order valence-corrected chi connectivity index (χ1v) is 4.12. The normalized spacial score (nSPS) is 50.6. The summed E-state index contributed by atoms with van der Waals surface area (Å²) in [5.41, 5.74) is 0.505. The van der Waals surface area contributed by atoms with Crippen molar-refractivity contribution in [1.82, 2.24) is 0 Å². The number of hydrogen-bond donors (Lipinski definition) is 0. The van der Waals surface area contributed by atoms with Crippen LogP contribution in [-0.2, 0) is 0 Å². The summed E-state index contributed by atoms with van der Waals surface area (Å²) >= 11 is 0. The van der Waals surface area contributed by atoms with E-state index in [4.69, 9.17) is 0 Å². The van der Waals surface area contributed by atoms with Crippen molar-refractivity contribution in [3.8, 4) is 0 Å². The number of azo groups is 1. The SMILES string of the molecule is CC[C@@]12CC[C@@](C)(C1)N=N2. The highest BCUT2D eigenvalue weighted by Gasteiger charge is 2.49. The van der Waals surface area contributed by atoms with Gasteiger partial charge in [-0.1, -0.05) is 6.92 Å². The predicted octanol–water partition coefficient (Wildman–Crippen LogP) is 2.54. The Bertz CT molecular complexity index is 188. The average Bonchev–Trinajstić information content (AvgIpc) is 2.42. The van der Waals surface area contributed by atoms with Crippen LogP contribution in [0, 0.1) is 0 Å². The zero-order valence-electron chi connectivity index (χ0n) is 6.72. The zero-order chi connectivity index (χ0) is 7.24. The Labute approximate surface area is 61.7 Å². The van der Waals surface area contributed by atoms with Crippen molar-refractivity contribution in [1.29, 1.82) is 0 Å². The Balaban J connectivity index is 2.28. The minimum absolute atomic E-state index is 0.232. The summed E-state index contributed by atoms with van der Waals surface area (Å²) in [6, 6.07) is 0. The number of hydrogen-bond acceptors (Lipinski definition) is 2. The molecule has 0 unspecified atom stereocenters. The smallest absolute Gasteiger partial charge is 0.0838 e. The van der Waals surface area contributed by atoms with Gasteiger partial charge in [-0.15, -0.1) is 0 Å². The third kappa shape index (κ3) is 0.648. The molecular formula is C8H14N2. The lowest BCUT2D eigenvalue weighted by Gasteiger charge is -2.16. The Morgan fingerprint density at radius 2 is 2.10 bits per heavy atom. The van der Waals surface area contributed by atoms with Crippen molar-refractivity contribution in [3.05, 3.63) is 0 Å². The van der Waals surface area contributed by atoms with E-state index in [1.165, 1.54) is 25.7 Å². The van der Waals surface area contributed by atoms with Crippen LogP contribution in [0.15, 0.2) is 10.2 Å². The molecule has 2 atom stereocenters. The lowest BCUT2D eigenvalue weighted by atomic mass is 9.94. The molecule has 1 aliphatic heterocycles. The van der Waals surface area contributed by atoms with Gasteiger partial charge in [0.2, 0.25) is 0 Å². The molecule has 0 aromatic carbocycles. The zero-order valence-corrected chi connectivity index (χ0v) is 6.72. The van der Waals surface area contributed by atoms with Gasteiger partial charge in [0.1, 0.15) is 0 Å². The first-order valence-electron chi connectivity index (χ1n) is 4.12. The fraction of sp³-hybridized carbons (Fsp3) is 1.00. The van der Waals surface area contributed by atoms with E-state index in [2.05, 4.69) is 24.1 Å². The van der Waals surface area contributed by atoms with Crippen LogP contribution in [0.2, 0.25) is 0 Å². The number of rotatable bonds is 1. The molecule has 1 heterocycles. The van der Waals surface area contributed by atoms with E-state index in [1.54, 1.807) is 0 Å². The molecule has 2 aliphatic rings. The van der Waals surface area contributed by atoms with E-state index in [1.807, 2.05) is 0 Å². The molecule has 0 aromatic rings. The van der Waals surface area contributed by atoms with Crippen LogP contribution in [0.1, 0.15) is 39.5 Å². The summed E-state index contributed by atoms with van der Waals surface area (Å²) in [5.74, 6) is 0. The van der Waals surface area contributed by atoms with Crippen LogP contribution in [-0.4, -0.2) is 11.1 Å². The monoisotopic (exact) mass is 138 g/mol. The fourth-order valence-electron chi connectivity index (χ4n) is 2.16. The van der Waals surface area contributed by atoms with Gasteiger partial charge in [-0.2, -0.15) is 10.2 Å². The summed E-state index contributed by atoms with van der Waals surface area (Å²) in [6.07, 6.45) is 4.90. The van der Waals surface area contributed by atoms with E-state index in [0.29, 0.717) is 0 Å². The minimum atomic E-state index is 0.232. The van der Waals surface area contributed by atoms with Crippen LogP contribution in [0.4, 0.5) is 0 Å². The van der Waals surface area contributed by atoms with E-state index in [9.17, 15) is 0 Å². The maximum atomic E-state index is 4.35. The van der Waals surface area contributed by atoms with E-state index < -0.39 is 0 Å². The molecule has 0 amide bonds. The molecule has 0 radical (unpaired) electrons. The van der Waals surface area contributed by atoms with Gasteiger partial charge in [-0.3, -0.25) is 0 Å². The van der Waals surface area contributed by atoms with E-state index >= 15 is 0 Å². The van der Waals surface area contributed by atoms with Crippen LogP contribution in [0.5, 0.6) is 0 Å². The maximum Gasteiger partial charge on any atom is 0.0838 e. The highest BCUT2D eigenvalue weighted by atomic mass is 15.3. The Morgan fingerprint density at radius 3 is 2.30 bits per heavy atom. The average molecular weight is 138 g/mol. The fourth-order valence-corrected chi connectivity index (χ4v) is 2.16. The van der Waals surface area contributed by atoms with E-state index in [0.717, 1.165) is 0 Å². The van der Waals surface area contributed by atoms with Crippen molar-refractivity contribution in [2.45, 2.75) is 50.6 Å². The van der Waals surface area contributed by atoms with Crippen molar-refractivity contribution in [2.75, 3.05) is 0 Å². The van der Waals surface area contributed by atoms with Gasteiger partial charge >= 0.3 is 0 Å². The van der Waals surface area contributed by atoms with Crippen molar-refractivity contribution in [2.24, 2.45) is 10.2 Å². The lowest BCUT2D eigenvalue weighted by Crippen LogP contribution is -2.18. The van der Waals surface area contributed by atoms with Crippen LogP contribution < -0.4 is 0 Å². The quantitative estimate of drug-likeness (QED) is 0.532. The highest BCUT2D eigenvalue weighted by molar-refractivity contribution is 5.08. The molecule has 2 heteroatoms. The van der Waals surface area contributed by atoms with Crippen LogP contribution in [0.3, 0.4) is 0 Å². The molecule has 2 rings (SSSR count). The maximum absolute atomic E-state index is 4.35. The third-order valence-corrected chi connectivity index (χ3v) is 3.00. The standard InChI is InChI=1S/C8H14N2/c1-3-8-5-4-7(2,6-8)9-10-8/h3-6H2,1-2H3/t7-,8+/m0/s1. The summed E-state index contributed by atoms with van der Waals surface area (Å²) in [4.78, 5) is 0. The molecule has 0 N–H and O–H groups in total. The molecule has 2 nitrogen and oxygen atoms in total. The van der Waals surface area contributed by atoms with Gasteiger partial charge < -0.3 is 0 Å². The highest BCUT2D eigenvalue weighted by Crippen LogP contribution is 2.50. The third-order valence-electron chi connectivity index (χ3n) is 3.00. The molecule has 56 valence electrons. The molecular weight excluding hydrogens is 124 g/mol. The number of fused-ring (bicyclic) bond motifs is 2. The molecule has 1 fully saturated rings. The van der Waals surface area contributed by atoms with Crippen LogP contribution in [0.25, 0.3) is 0 Å². The molecule has 10 heavy (non-hydrogen) atoms. The van der Waals surface area contributed by atoms with Gasteiger partial charge in [-0.05, 0) is 26.2 Å². The summed E-state index contributed by atoms with van der Waals surface area (Å²) < 4.78 is 0. The van der Waals surface area contributed by atoms with Crippen LogP contribution >= 0.6 is 0 Å². The van der Waals surface area contributed by atoms with E-state index in [-0.39, 0.29) is 11.1 Å². The molecule has 0 saturated heterocycles. The first kappa shape index (κ1) is 6.32. The summed E-state index contributed by atoms with van der Waals surface area (Å²) in [5, 5.41) is 8.65. The topological polar surface area (TPSA) is 24.7 Å². The summed E-state index contributed by atoms with van der Waals surface area (Å²) in [7, 11) is 0. The van der Waals surface area contributed by atoms with Crippen molar-refractivity contribution < 1.29 is 0 Å². The minimum Gasteiger partial charge on any atom is -0.187 e. The molecule has 1 saturated carbocycles. The molecule has 1 aliphatic carbocycles. The van der Waals surface area contributed by atoms with Gasteiger partial charge in [0.25, 0.3) is 0 Å². The predicted molar refractivity (Wildman–Crippen MR) is 40.1 cm³/mol. The van der Waals surface area contributed by atoms with Gasteiger partial charge in [0.15, 0.2) is 0 Å². The Morgan fingerprint density at radius 1 is 1.30 bits per heavy atom. The van der Waals surface area contributed by atoms with Crippen molar-refractivity contribution >= 4 is 0 Å². The van der Waals surface area contributed by atoms with Gasteiger partial charge in [0, 0.05) is 6.42 Å².